The summed E-state index contributed by atoms with van der Waals surface area (Å²) in [5, 5.41) is 8.09. The van der Waals surface area contributed by atoms with Crippen molar-refractivity contribution in [2.45, 2.75) is 12.5 Å². The van der Waals surface area contributed by atoms with Gasteiger partial charge in [0.1, 0.15) is 11.6 Å². The Balaban J connectivity index is 1.73. The maximum absolute atomic E-state index is 13.2. The van der Waals surface area contributed by atoms with Crippen molar-refractivity contribution in [2.75, 3.05) is 13.2 Å². The predicted molar refractivity (Wildman–Crippen MR) is 76.3 cm³/mol. The third-order valence-electron chi connectivity index (χ3n) is 3.82. The first-order chi connectivity index (χ1) is 10.7. The molecular weight excluding hydrogens is 287 g/mol. The van der Waals surface area contributed by atoms with Crippen molar-refractivity contribution in [1.29, 1.82) is 0 Å². The van der Waals surface area contributed by atoms with Crippen LogP contribution >= 0.6 is 0 Å². The van der Waals surface area contributed by atoms with E-state index >= 15 is 0 Å². The molecule has 6 nitrogen and oxygen atoms in total. The number of halogens is 1. The molecule has 1 aromatic carbocycles. The van der Waals surface area contributed by atoms with Gasteiger partial charge < -0.3 is 9.30 Å². The zero-order valence-electron chi connectivity index (χ0n) is 11.6. The van der Waals surface area contributed by atoms with Crippen LogP contribution in [-0.4, -0.2) is 32.4 Å². The number of aromatic nitrogens is 4. The number of rotatable bonds is 3. The molecule has 0 bridgehead atoms. The maximum atomic E-state index is 13.2. The lowest BCUT2D eigenvalue weighted by molar-refractivity contribution is 0.00444. The first-order valence-electron chi connectivity index (χ1n) is 6.98. The van der Waals surface area contributed by atoms with Crippen LogP contribution in [0.25, 0.3) is 5.65 Å². The van der Waals surface area contributed by atoms with Crippen molar-refractivity contribution in [2.24, 2.45) is 0 Å². The molecule has 0 amide bonds. The van der Waals surface area contributed by atoms with Gasteiger partial charge in [-0.1, -0.05) is 12.1 Å². The number of benzene rings is 1. The normalized spacial score (nSPS) is 15.1. The molecule has 3 heterocycles. The van der Waals surface area contributed by atoms with Gasteiger partial charge in [-0.25, -0.2) is 4.39 Å². The van der Waals surface area contributed by atoms with Gasteiger partial charge >= 0.3 is 0 Å². The Bertz CT molecular complexity index is 898. The average Bonchev–Trinajstić information content (AvgIpc) is 2.85. The number of fused-ring (bicyclic) bond motifs is 1. The summed E-state index contributed by atoms with van der Waals surface area (Å²) < 4.78 is 21.6. The summed E-state index contributed by atoms with van der Waals surface area (Å²) in [5.74, 6) is 0.617. The summed E-state index contributed by atoms with van der Waals surface area (Å²) in [6.07, 6.45) is 3.44. The molecule has 3 aromatic rings. The van der Waals surface area contributed by atoms with Gasteiger partial charge in [-0.05, 0) is 17.7 Å². The minimum Gasteiger partial charge on any atom is -0.380 e. The SMILES string of the molecule is O=c1c2nnc(C3COC3)n2ccn1Cc1cccc(F)c1. The largest absolute Gasteiger partial charge is 0.380 e. The fourth-order valence-corrected chi connectivity index (χ4v) is 2.56. The van der Waals surface area contributed by atoms with Crippen LogP contribution in [0.15, 0.2) is 41.5 Å². The second-order valence-corrected chi connectivity index (χ2v) is 5.35. The lowest BCUT2D eigenvalue weighted by Gasteiger charge is -2.23. The summed E-state index contributed by atoms with van der Waals surface area (Å²) in [5.41, 5.74) is 0.755. The fraction of sp³-hybridized carbons (Fsp3) is 0.267. The van der Waals surface area contributed by atoms with Crippen molar-refractivity contribution in [3.8, 4) is 0 Å². The van der Waals surface area contributed by atoms with Gasteiger partial charge in [-0.2, -0.15) is 0 Å². The van der Waals surface area contributed by atoms with Crippen LogP contribution < -0.4 is 5.56 Å². The Morgan fingerprint density at radius 1 is 1.27 bits per heavy atom. The quantitative estimate of drug-likeness (QED) is 0.729. The van der Waals surface area contributed by atoms with Gasteiger partial charge in [0, 0.05) is 12.4 Å². The van der Waals surface area contributed by atoms with E-state index in [0.717, 1.165) is 11.4 Å². The second-order valence-electron chi connectivity index (χ2n) is 5.35. The summed E-state index contributed by atoms with van der Waals surface area (Å²) >= 11 is 0. The van der Waals surface area contributed by atoms with Crippen molar-refractivity contribution in [3.05, 3.63) is 64.2 Å². The van der Waals surface area contributed by atoms with Gasteiger partial charge in [0.2, 0.25) is 5.65 Å². The highest BCUT2D eigenvalue weighted by Gasteiger charge is 2.26. The lowest BCUT2D eigenvalue weighted by atomic mass is 10.1. The van der Waals surface area contributed by atoms with E-state index in [-0.39, 0.29) is 22.9 Å². The number of hydrogen-bond acceptors (Lipinski definition) is 4. The topological polar surface area (TPSA) is 61.4 Å². The van der Waals surface area contributed by atoms with Gasteiger partial charge in [0.05, 0.1) is 25.7 Å². The van der Waals surface area contributed by atoms with Crippen LogP contribution in [0, 0.1) is 5.82 Å². The standard InChI is InChI=1S/C15H13FN4O2/c16-12-3-1-2-10(6-12)7-19-4-5-20-13(11-8-22-9-11)17-18-14(20)15(19)21/h1-6,11H,7-9H2. The van der Waals surface area contributed by atoms with Crippen LogP contribution in [0.4, 0.5) is 4.39 Å². The molecule has 7 heteroatoms. The first kappa shape index (κ1) is 13.1. The highest BCUT2D eigenvalue weighted by molar-refractivity contribution is 5.36. The van der Waals surface area contributed by atoms with E-state index in [2.05, 4.69) is 10.2 Å². The highest BCUT2D eigenvalue weighted by Crippen LogP contribution is 2.21. The van der Waals surface area contributed by atoms with E-state index in [1.54, 1.807) is 28.9 Å². The summed E-state index contributed by atoms with van der Waals surface area (Å²) in [7, 11) is 0. The van der Waals surface area contributed by atoms with Gasteiger partial charge in [-0.3, -0.25) is 9.20 Å². The lowest BCUT2D eigenvalue weighted by Crippen LogP contribution is -2.28. The van der Waals surface area contributed by atoms with E-state index in [0.29, 0.717) is 19.8 Å². The zero-order valence-corrected chi connectivity index (χ0v) is 11.6. The molecule has 0 spiro atoms. The molecule has 0 atom stereocenters. The molecule has 2 aromatic heterocycles. The van der Waals surface area contributed by atoms with Crippen molar-refractivity contribution in [1.82, 2.24) is 19.2 Å². The van der Waals surface area contributed by atoms with Crippen molar-refractivity contribution in [3.63, 3.8) is 0 Å². The van der Waals surface area contributed by atoms with Crippen molar-refractivity contribution < 1.29 is 9.13 Å². The van der Waals surface area contributed by atoms with Crippen LogP contribution in [0.3, 0.4) is 0 Å². The third kappa shape index (κ3) is 2.10. The molecular formula is C15H13FN4O2. The van der Waals surface area contributed by atoms with Crippen LogP contribution in [0.5, 0.6) is 0 Å². The Labute approximate surface area is 124 Å². The Kier molecular flexibility index (Phi) is 3.00. The Morgan fingerprint density at radius 2 is 2.14 bits per heavy atom. The molecule has 112 valence electrons. The molecule has 1 aliphatic heterocycles. The van der Waals surface area contributed by atoms with E-state index in [4.69, 9.17) is 4.74 Å². The predicted octanol–water partition coefficient (Wildman–Crippen LogP) is 1.19. The van der Waals surface area contributed by atoms with Crippen LogP contribution in [0.1, 0.15) is 17.3 Å². The highest BCUT2D eigenvalue weighted by atomic mass is 19.1. The van der Waals surface area contributed by atoms with Gasteiger partial charge in [-0.15, -0.1) is 10.2 Å². The molecule has 0 radical (unpaired) electrons. The van der Waals surface area contributed by atoms with Gasteiger partial charge in [0.25, 0.3) is 5.56 Å². The fourth-order valence-electron chi connectivity index (χ4n) is 2.56. The first-order valence-corrected chi connectivity index (χ1v) is 6.98. The maximum Gasteiger partial charge on any atom is 0.296 e. The third-order valence-corrected chi connectivity index (χ3v) is 3.82. The number of nitrogens with zero attached hydrogens (tertiary/aromatic N) is 4. The second kappa shape index (κ2) is 5.03. The minimum atomic E-state index is -0.318. The molecule has 1 fully saturated rings. The van der Waals surface area contributed by atoms with Gasteiger partial charge in [0.15, 0.2) is 0 Å². The number of ether oxygens (including phenoxy) is 1. The van der Waals surface area contributed by atoms with Crippen LogP contribution in [-0.2, 0) is 11.3 Å². The molecule has 1 aliphatic rings. The smallest absolute Gasteiger partial charge is 0.296 e. The summed E-state index contributed by atoms with van der Waals surface area (Å²) in [6, 6.07) is 6.19. The Morgan fingerprint density at radius 3 is 2.86 bits per heavy atom. The van der Waals surface area contributed by atoms with Crippen molar-refractivity contribution >= 4 is 5.65 Å². The van der Waals surface area contributed by atoms with E-state index in [9.17, 15) is 9.18 Å². The molecule has 0 unspecified atom stereocenters. The molecule has 1 saturated heterocycles. The minimum absolute atomic E-state index is 0.188. The number of hydrogen-bond donors (Lipinski definition) is 0. The molecule has 0 saturated carbocycles. The zero-order chi connectivity index (χ0) is 15.1. The summed E-state index contributed by atoms with van der Waals surface area (Å²) in [4.78, 5) is 12.5. The average molecular weight is 300 g/mol. The molecule has 0 N–H and O–H groups in total. The van der Waals surface area contributed by atoms with E-state index < -0.39 is 0 Å². The Hall–Kier alpha value is -2.54. The molecule has 22 heavy (non-hydrogen) atoms. The summed E-state index contributed by atoms with van der Waals surface area (Å²) in [6.45, 7) is 1.50. The van der Waals surface area contributed by atoms with E-state index in [1.807, 2.05) is 0 Å². The van der Waals surface area contributed by atoms with E-state index in [1.165, 1.54) is 16.7 Å². The van der Waals surface area contributed by atoms with Crippen LogP contribution in [0.2, 0.25) is 0 Å². The molecule has 0 aliphatic carbocycles. The molecule has 4 rings (SSSR count). The monoisotopic (exact) mass is 300 g/mol.